The van der Waals surface area contributed by atoms with Crippen LogP contribution >= 0.6 is 0 Å². The summed E-state index contributed by atoms with van der Waals surface area (Å²) in [6.07, 6.45) is 0.871. The highest BCUT2D eigenvalue weighted by molar-refractivity contribution is 6.35. The monoisotopic (exact) mass is 393 g/mol. The number of amides is 3. The van der Waals surface area contributed by atoms with Crippen LogP contribution in [0.2, 0.25) is 0 Å². The Bertz CT molecular complexity index is 865. The summed E-state index contributed by atoms with van der Waals surface area (Å²) in [7, 11) is 0. The van der Waals surface area contributed by atoms with Crippen molar-refractivity contribution in [1.29, 1.82) is 0 Å². The number of nitrogens with zero attached hydrogens (tertiary/aromatic N) is 2. The smallest absolute Gasteiger partial charge is 0.312 e. The summed E-state index contributed by atoms with van der Waals surface area (Å²) >= 11 is 0. The Hall–Kier alpha value is -3.15. The average molecular weight is 393 g/mol. The lowest BCUT2D eigenvalue weighted by Gasteiger charge is -2.33. The van der Waals surface area contributed by atoms with Gasteiger partial charge in [-0.15, -0.1) is 0 Å². The molecule has 1 atom stereocenters. The van der Waals surface area contributed by atoms with E-state index in [9.17, 15) is 14.4 Å². The molecule has 1 fully saturated rings. The van der Waals surface area contributed by atoms with Crippen LogP contribution in [0, 0.1) is 0 Å². The van der Waals surface area contributed by atoms with Crippen LogP contribution in [0.25, 0.3) is 0 Å². The molecule has 29 heavy (non-hydrogen) atoms. The van der Waals surface area contributed by atoms with Gasteiger partial charge in [-0.05, 0) is 36.6 Å². The number of hydrogen-bond donors (Lipinski definition) is 1. The van der Waals surface area contributed by atoms with Crippen molar-refractivity contribution in [3.63, 3.8) is 0 Å². The maximum absolute atomic E-state index is 12.5. The van der Waals surface area contributed by atoms with Crippen LogP contribution in [0.15, 0.2) is 54.6 Å². The van der Waals surface area contributed by atoms with E-state index in [-0.39, 0.29) is 11.9 Å². The van der Waals surface area contributed by atoms with E-state index in [4.69, 9.17) is 0 Å². The first kappa shape index (κ1) is 20.6. The number of piperazine rings is 1. The molecule has 0 unspecified atom stereocenters. The van der Waals surface area contributed by atoms with Gasteiger partial charge in [0.2, 0.25) is 0 Å². The Balaban J connectivity index is 1.58. The van der Waals surface area contributed by atoms with Crippen LogP contribution in [0.5, 0.6) is 0 Å². The first-order chi connectivity index (χ1) is 14.0. The standard InChI is InChI=1S/C23H27N3O3/c1-3-17(2)24-21(27)20-11-9-19(10-12-20)16-26-14-13-25(22(28)23(26)29)15-18-7-5-4-6-8-18/h4-12,17H,3,13-16H2,1-2H3,(H,24,27)/t17-/m1/s1. The van der Waals surface area contributed by atoms with Gasteiger partial charge in [0.25, 0.3) is 5.91 Å². The van der Waals surface area contributed by atoms with Gasteiger partial charge in [-0.2, -0.15) is 0 Å². The summed E-state index contributed by atoms with van der Waals surface area (Å²) in [5, 5.41) is 2.93. The molecule has 2 aromatic rings. The lowest BCUT2D eigenvalue weighted by molar-refractivity contribution is -0.156. The summed E-state index contributed by atoms with van der Waals surface area (Å²) in [6, 6.07) is 17.0. The van der Waals surface area contributed by atoms with Crippen molar-refractivity contribution in [2.45, 2.75) is 39.4 Å². The van der Waals surface area contributed by atoms with Gasteiger partial charge in [0, 0.05) is 37.8 Å². The Kier molecular flexibility index (Phi) is 6.65. The second-order valence-electron chi connectivity index (χ2n) is 7.42. The molecule has 2 aromatic carbocycles. The van der Waals surface area contributed by atoms with Crippen LogP contribution in [-0.4, -0.2) is 46.7 Å². The van der Waals surface area contributed by atoms with Crippen molar-refractivity contribution in [2.24, 2.45) is 0 Å². The van der Waals surface area contributed by atoms with Crippen molar-refractivity contribution in [3.8, 4) is 0 Å². The van der Waals surface area contributed by atoms with Crippen LogP contribution in [0.3, 0.4) is 0 Å². The zero-order valence-corrected chi connectivity index (χ0v) is 16.9. The van der Waals surface area contributed by atoms with Gasteiger partial charge in [-0.3, -0.25) is 14.4 Å². The minimum absolute atomic E-state index is 0.105. The van der Waals surface area contributed by atoms with Crippen molar-refractivity contribution < 1.29 is 14.4 Å². The highest BCUT2D eigenvalue weighted by Gasteiger charge is 2.32. The molecule has 152 valence electrons. The summed E-state index contributed by atoms with van der Waals surface area (Å²) < 4.78 is 0. The van der Waals surface area contributed by atoms with E-state index in [0.717, 1.165) is 17.5 Å². The Morgan fingerprint density at radius 2 is 1.41 bits per heavy atom. The zero-order valence-electron chi connectivity index (χ0n) is 16.9. The largest absolute Gasteiger partial charge is 0.350 e. The number of hydrogen-bond acceptors (Lipinski definition) is 3. The van der Waals surface area contributed by atoms with E-state index in [0.29, 0.717) is 31.7 Å². The number of benzene rings is 2. The Morgan fingerprint density at radius 3 is 1.93 bits per heavy atom. The van der Waals surface area contributed by atoms with E-state index in [1.54, 1.807) is 21.9 Å². The van der Waals surface area contributed by atoms with Crippen LogP contribution in [0.1, 0.15) is 41.8 Å². The zero-order chi connectivity index (χ0) is 20.8. The van der Waals surface area contributed by atoms with E-state index in [1.807, 2.05) is 56.3 Å². The first-order valence-corrected chi connectivity index (χ1v) is 10.00. The Labute approximate surface area is 171 Å². The molecule has 3 amide bonds. The molecule has 6 heteroatoms. The van der Waals surface area contributed by atoms with Gasteiger partial charge < -0.3 is 15.1 Å². The number of rotatable bonds is 7. The average Bonchev–Trinajstić information content (AvgIpc) is 2.74. The molecule has 0 spiro atoms. The molecule has 1 aliphatic rings. The molecule has 0 saturated carbocycles. The third-order valence-corrected chi connectivity index (χ3v) is 5.19. The second-order valence-corrected chi connectivity index (χ2v) is 7.42. The third kappa shape index (κ3) is 5.22. The summed E-state index contributed by atoms with van der Waals surface area (Å²) in [5.41, 5.74) is 2.49. The minimum Gasteiger partial charge on any atom is -0.350 e. The molecule has 1 heterocycles. The predicted molar refractivity (Wildman–Crippen MR) is 111 cm³/mol. The highest BCUT2D eigenvalue weighted by Crippen LogP contribution is 2.14. The second kappa shape index (κ2) is 9.37. The molecule has 6 nitrogen and oxygen atoms in total. The van der Waals surface area contributed by atoms with Gasteiger partial charge in [-0.25, -0.2) is 0 Å². The first-order valence-electron chi connectivity index (χ1n) is 10.00. The molecule has 1 N–H and O–H groups in total. The van der Waals surface area contributed by atoms with E-state index < -0.39 is 11.8 Å². The highest BCUT2D eigenvalue weighted by atomic mass is 16.2. The van der Waals surface area contributed by atoms with E-state index in [1.165, 1.54) is 0 Å². The normalized spacial score (nSPS) is 15.4. The summed E-state index contributed by atoms with van der Waals surface area (Å²) in [5.74, 6) is -1.05. The van der Waals surface area contributed by atoms with Gasteiger partial charge in [0.1, 0.15) is 0 Å². The van der Waals surface area contributed by atoms with E-state index in [2.05, 4.69) is 5.32 Å². The van der Waals surface area contributed by atoms with E-state index >= 15 is 0 Å². The molecule has 0 aromatic heterocycles. The lowest BCUT2D eigenvalue weighted by atomic mass is 10.1. The van der Waals surface area contributed by atoms with Gasteiger partial charge >= 0.3 is 11.8 Å². The molecular formula is C23H27N3O3. The molecule has 0 aliphatic carbocycles. The maximum Gasteiger partial charge on any atom is 0.312 e. The fraction of sp³-hybridized carbons (Fsp3) is 0.348. The summed E-state index contributed by atoms with van der Waals surface area (Å²) in [6.45, 7) is 5.79. The molecule has 1 saturated heterocycles. The fourth-order valence-corrected chi connectivity index (χ4v) is 3.21. The van der Waals surface area contributed by atoms with Crippen LogP contribution in [-0.2, 0) is 22.7 Å². The topological polar surface area (TPSA) is 69.7 Å². The van der Waals surface area contributed by atoms with Crippen LogP contribution in [0.4, 0.5) is 0 Å². The number of carbonyl (C=O) groups excluding carboxylic acids is 3. The van der Waals surface area contributed by atoms with Gasteiger partial charge in [0.15, 0.2) is 0 Å². The molecule has 3 rings (SSSR count). The molecule has 0 radical (unpaired) electrons. The quantitative estimate of drug-likeness (QED) is 0.735. The predicted octanol–water partition coefficient (Wildman–Crippen LogP) is 2.59. The van der Waals surface area contributed by atoms with Crippen molar-refractivity contribution in [3.05, 3.63) is 71.3 Å². The number of nitrogens with one attached hydrogen (secondary N) is 1. The maximum atomic E-state index is 12.5. The Morgan fingerprint density at radius 1 is 0.897 bits per heavy atom. The van der Waals surface area contributed by atoms with Gasteiger partial charge in [-0.1, -0.05) is 49.4 Å². The molecular weight excluding hydrogens is 366 g/mol. The SMILES string of the molecule is CC[C@@H](C)NC(=O)c1ccc(CN2CCN(Cc3ccccc3)C(=O)C2=O)cc1. The minimum atomic E-state index is -0.481. The fourth-order valence-electron chi connectivity index (χ4n) is 3.21. The van der Waals surface area contributed by atoms with Crippen LogP contribution < -0.4 is 5.32 Å². The van der Waals surface area contributed by atoms with Crippen molar-refractivity contribution >= 4 is 17.7 Å². The van der Waals surface area contributed by atoms with Gasteiger partial charge in [0.05, 0.1) is 0 Å². The number of carbonyl (C=O) groups is 3. The lowest BCUT2D eigenvalue weighted by Crippen LogP contribution is -2.53. The van der Waals surface area contributed by atoms with Crippen molar-refractivity contribution in [2.75, 3.05) is 13.1 Å². The third-order valence-electron chi connectivity index (χ3n) is 5.19. The van der Waals surface area contributed by atoms with Crippen molar-refractivity contribution in [1.82, 2.24) is 15.1 Å². The molecule has 0 bridgehead atoms. The molecule has 1 aliphatic heterocycles. The summed E-state index contributed by atoms with van der Waals surface area (Å²) in [4.78, 5) is 40.3.